The number of nitrogens with one attached hydrogen (secondary N) is 1. The smallest absolute Gasteiger partial charge is 0.409 e. The molecule has 1 aliphatic heterocycles. The molecule has 1 aliphatic rings. The second-order valence-corrected chi connectivity index (χ2v) is 6.54. The van der Waals surface area contributed by atoms with Crippen LogP contribution in [0.15, 0.2) is 30.3 Å². The van der Waals surface area contributed by atoms with Crippen molar-refractivity contribution < 1.29 is 14.6 Å². The summed E-state index contributed by atoms with van der Waals surface area (Å²) in [5.74, 6) is 0.356. The number of likely N-dealkylation sites (tertiary alicyclic amines) is 1. The van der Waals surface area contributed by atoms with Crippen molar-refractivity contribution in [1.29, 1.82) is 0 Å². The van der Waals surface area contributed by atoms with E-state index in [1.54, 1.807) is 4.90 Å². The van der Waals surface area contributed by atoms with Gasteiger partial charge in [-0.25, -0.2) is 4.79 Å². The number of ether oxygens (including phenoxy) is 1. The van der Waals surface area contributed by atoms with Gasteiger partial charge in [-0.3, -0.25) is 0 Å². The van der Waals surface area contributed by atoms with E-state index < -0.39 is 0 Å². The summed E-state index contributed by atoms with van der Waals surface area (Å²) in [6.07, 6.45) is 1.54. The van der Waals surface area contributed by atoms with Gasteiger partial charge in [0.25, 0.3) is 0 Å². The quantitative estimate of drug-likeness (QED) is 0.846. The maximum atomic E-state index is 12.0. The Balaban J connectivity index is 1.79. The third-order valence-corrected chi connectivity index (χ3v) is 4.11. The fraction of sp³-hybridized carbons (Fsp3) is 0.611. The molecule has 1 aromatic rings. The second kappa shape index (κ2) is 8.89. The topological polar surface area (TPSA) is 61.8 Å². The first-order valence-electron chi connectivity index (χ1n) is 8.43. The van der Waals surface area contributed by atoms with E-state index in [1.807, 2.05) is 44.2 Å². The predicted molar refractivity (Wildman–Crippen MR) is 90.2 cm³/mol. The van der Waals surface area contributed by atoms with Crippen molar-refractivity contribution in [2.24, 2.45) is 5.92 Å². The summed E-state index contributed by atoms with van der Waals surface area (Å²) < 4.78 is 5.28. The number of aliphatic hydroxyl groups excluding tert-OH is 1. The Bertz CT molecular complexity index is 470. The molecule has 1 unspecified atom stereocenters. The number of benzene rings is 1. The lowest BCUT2D eigenvalue weighted by Gasteiger charge is -2.34. The van der Waals surface area contributed by atoms with E-state index in [0.717, 1.165) is 18.4 Å². The van der Waals surface area contributed by atoms with Crippen LogP contribution in [0.5, 0.6) is 0 Å². The van der Waals surface area contributed by atoms with Gasteiger partial charge in [-0.15, -0.1) is 0 Å². The van der Waals surface area contributed by atoms with Crippen LogP contribution >= 0.6 is 0 Å². The van der Waals surface area contributed by atoms with Crippen LogP contribution < -0.4 is 5.32 Å². The predicted octanol–water partition coefficient (Wildman–Crippen LogP) is 2.57. The summed E-state index contributed by atoms with van der Waals surface area (Å²) in [6.45, 7) is 5.99. The van der Waals surface area contributed by atoms with Gasteiger partial charge in [-0.1, -0.05) is 44.2 Å². The van der Waals surface area contributed by atoms with Gasteiger partial charge in [0, 0.05) is 19.1 Å². The Morgan fingerprint density at radius 3 is 2.52 bits per heavy atom. The molecule has 2 N–H and O–H groups in total. The molecule has 128 valence electrons. The highest BCUT2D eigenvalue weighted by atomic mass is 16.6. The van der Waals surface area contributed by atoms with Crippen molar-refractivity contribution in [3.8, 4) is 0 Å². The number of hydrogen-bond acceptors (Lipinski definition) is 4. The lowest BCUT2D eigenvalue weighted by molar-refractivity contribution is 0.0801. The molecular weight excluding hydrogens is 292 g/mol. The van der Waals surface area contributed by atoms with Gasteiger partial charge in [0.15, 0.2) is 0 Å². The number of rotatable bonds is 6. The molecule has 0 bridgehead atoms. The number of carbonyl (C=O) groups excluding carboxylic acids is 1. The number of amides is 1. The number of piperidine rings is 1. The summed E-state index contributed by atoms with van der Waals surface area (Å²) in [4.78, 5) is 13.7. The Morgan fingerprint density at radius 1 is 1.30 bits per heavy atom. The zero-order chi connectivity index (χ0) is 16.7. The number of hydrogen-bond donors (Lipinski definition) is 2. The summed E-state index contributed by atoms with van der Waals surface area (Å²) in [7, 11) is 0. The fourth-order valence-electron chi connectivity index (χ4n) is 2.78. The van der Waals surface area contributed by atoms with Gasteiger partial charge in [0.1, 0.15) is 0 Å². The first-order chi connectivity index (χ1) is 11.1. The first kappa shape index (κ1) is 17.8. The average molecular weight is 320 g/mol. The molecule has 0 radical (unpaired) electrons. The van der Waals surface area contributed by atoms with Gasteiger partial charge < -0.3 is 20.1 Å². The SMILES string of the molecule is CC(C)COC(=O)N1CCC(NC(CO)c2ccccc2)CC1. The summed E-state index contributed by atoms with van der Waals surface area (Å²) in [5, 5.41) is 13.1. The van der Waals surface area contributed by atoms with Crippen LogP contribution in [-0.2, 0) is 4.74 Å². The molecule has 0 aromatic heterocycles. The lowest BCUT2D eigenvalue weighted by atomic mass is 10.0. The third-order valence-electron chi connectivity index (χ3n) is 4.11. The lowest BCUT2D eigenvalue weighted by Crippen LogP contribution is -2.46. The van der Waals surface area contributed by atoms with Crippen molar-refractivity contribution in [3.05, 3.63) is 35.9 Å². The van der Waals surface area contributed by atoms with Crippen LogP contribution in [0.3, 0.4) is 0 Å². The minimum atomic E-state index is -0.209. The highest BCUT2D eigenvalue weighted by Crippen LogP contribution is 2.18. The van der Waals surface area contributed by atoms with Crippen molar-refractivity contribution in [1.82, 2.24) is 10.2 Å². The molecule has 1 heterocycles. The molecule has 23 heavy (non-hydrogen) atoms. The molecule has 1 amide bonds. The molecule has 0 spiro atoms. The Hall–Kier alpha value is -1.59. The van der Waals surface area contributed by atoms with Gasteiger partial charge in [0.05, 0.1) is 19.3 Å². The van der Waals surface area contributed by atoms with E-state index in [0.29, 0.717) is 31.7 Å². The van der Waals surface area contributed by atoms with Crippen LogP contribution in [0.1, 0.15) is 38.3 Å². The Kier molecular flexibility index (Phi) is 6.86. The van der Waals surface area contributed by atoms with Crippen LogP contribution in [-0.4, -0.2) is 48.4 Å². The van der Waals surface area contributed by atoms with E-state index >= 15 is 0 Å². The number of carbonyl (C=O) groups is 1. The maximum Gasteiger partial charge on any atom is 0.409 e. The minimum Gasteiger partial charge on any atom is -0.449 e. The van der Waals surface area contributed by atoms with E-state index in [1.165, 1.54) is 0 Å². The molecule has 5 heteroatoms. The minimum absolute atomic E-state index is 0.0550. The zero-order valence-electron chi connectivity index (χ0n) is 14.1. The summed E-state index contributed by atoms with van der Waals surface area (Å²) in [6, 6.07) is 10.2. The van der Waals surface area contributed by atoms with Crippen molar-refractivity contribution >= 4 is 6.09 Å². The van der Waals surface area contributed by atoms with E-state index in [-0.39, 0.29) is 18.7 Å². The second-order valence-electron chi connectivity index (χ2n) is 6.54. The van der Waals surface area contributed by atoms with Crippen molar-refractivity contribution in [3.63, 3.8) is 0 Å². The van der Waals surface area contributed by atoms with Gasteiger partial charge in [-0.05, 0) is 24.3 Å². The van der Waals surface area contributed by atoms with E-state index in [2.05, 4.69) is 5.32 Å². The monoisotopic (exact) mass is 320 g/mol. The van der Waals surface area contributed by atoms with Gasteiger partial charge in [-0.2, -0.15) is 0 Å². The molecular formula is C18H28N2O3. The highest BCUT2D eigenvalue weighted by molar-refractivity contribution is 5.67. The molecule has 0 saturated carbocycles. The Labute approximate surface area is 138 Å². The van der Waals surface area contributed by atoms with Crippen LogP contribution in [0, 0.1) is 5.92 Å². The molecule has 1 atom stereocenters. The van der Waals surface area contributed by atoms with Gasteiger partial charge >= 0.3 is 6.09 Å². The molecule has 1 fully saturated rings. The molecule has 5 nitrogen and oxygen atoms in total. The normalized spacial score (nSPS) is 17.3. The maximum absolute atomic E-state index is 12.0. The standard InChI is InChI=1S/C18H28N2O3/c1-14(2)13-23-18(22)20-10-8-16(9-11-20)19-17(12-21)15-6-4-3-5-7-15/h3-7,14,16-17,19,21H,8-13H2,1-2H3. The van der Waals surface area contributed by atoms with Gasteiger partial charge in [0.2, 0.25) is 0 Å². The number of aliphatic hydroxyl groups is 1. The van der Waals surface area contributed by atoms with Crippen molar-refractivity contribution in [2.75, 3.05) is 26.3 Å². The molecule has 2 rings (SSSR count). The summed E-state index contributed by atoms with van der Waals surface area (Å²) >= 11 is 0. The molecule has 0 aliphatic carbocycles. The first-order valence-corrected chi connectivity index (χ1v) is 8.43. The van der Waals surface area contributed by atoms with Crippen LogP contribution in [0.25, 0.3) is 0 Å². The van der Waals surface area contributed by atoms with Crippen LogP contribution in [0.2, 0.25) is 0 Å². The highest BCUT2D eigenvalue weighted by Gasteiger charge is 2.25. The summed E-state index contributed by atoms with van der Waals surface area (Å²) in [5.41, 5.74) is 1.09. The fourth-order valence-corrected chi connectivity index (χ4v) is 2.78. The largest absolute Gasteiger partial charge is 0.449 e. The molecule has 1 saturated heterocycles. The molecule has 1 aromatic carbocycles. The zero-order valence-corrected chi connectivity index (χ0v) is 14.1. The third kappa shape index (κ3) is 5.52. The average Bonchev–Trinajstić information content (AvgIpc) is 2.58. The van der Waals surface area contributed by atoms with E-state index in [9.17, 15) is 9.90 Å². The number of nitrogens with zero attached hydrogens (tertiary/aromatic N) is 1. The van der Waals surface area contributed by atoms with E-state index in [4.69, 9.17) is 4.74 Å². The van der Waals surface area contributed by atoms with Crippen LogP contribution in [0.4, 0.5) is 4.79 Å². The Morgan fingerprint density at radius 2 is 1.96 bits per heavy atom. The van der Waals surface area contributed by atoms with Crippen molar-refractivity contribution in [2.45, 2.75) is 38.8 Å².